The van der Waals surface area contributed by atoms with Crippen LogP contribution in [0.4, 0.5) is 11.4 Å². The monoisotopic (exact) mass is 370 g/mol. The van der Waals surface area contributed by atoms with Gasteiger partial charge in [0.15, 0.2) is 0 Å². The number of nitrogens with one attached hydrogen (secondary N) is 1. The number of amides is 2. The highest BCUT2D eigenvalue weighted by Crippen LogP contribution is 2.31. The lowest BCUT2D eigenvalue weighted by atomic mass is 9.99. The van der Waals surface area contributed by atoms with Crippen molar-refractivity contribution < 1.29 is 9.59 Å². The van der Waals surface area contributed by atoms with Gasteiger partial charge in [0.05, 0.1) is 6.54 Å². The fourth-order valence-electron chi connectivity index (χ4n) is 3.49. The smallest absolute Gasteiger partial charge is 0.255 e. The van der Waals surface area contributed by atoms with E-state index in [2.05, 4.69) is 5.32 Å². The zero-order valence-corrected chi connectivity index (χ0v) is 15.8. The van der Waals surface area contributed by atoms with Crippen LogP contribution in [-0.2, 0) is 17.8 Å². The SMILES string of the molecule is Cc1ccc(C(=O)Nc2ccc3c(c2)CCC(=O)N3Cc2ccccc2)cc1. The van der Waals surface area contributed by atoms with Crippen molar-refractivity contribution in [1.82, 2.24) is 0 Å². The number of fused-ring (bicyclic) bond motifs is 1. The first-order valence-electron chi connectivity index (χ1n) is 9.45. The zero-order chi connectivity index (χ0) is 19.5. The Bertz CT molecular complexity index is 1010. The molecule has 3 aromatic carbocycles. The molecule has 0 aliphatic carbocycles. The lowest BCUT2D eigenvalue weighted by Crippen LogP contribution is -2.34. The minimum Gasteiger partial charge on any atom is -0.322 e. The average molecular weight is 370 g/mol. The maximum atomic E-state index is 12.5. The highest BCUT2D eigenvalue weighted by molar-refractivity contribution is 6.04. The van der Waals surface area contributed by atoms with E-state index < -0.39 is 0 Å². The van der Waals surface area contributed by atoms with Crippen molar-refractivity contribution in [3.8, 4) is 0 Å². The zero-order valence-electron chi connectivity index (χ0n) is 15.8. The molecule has 0 saturated carbocycles. The summed E-state index contributed by atoms with van der Waals surface area (Å²) in [4.78, 5) is 26.8. The molecular weight excluding hydrogens is 348 g/mol. The molecule has 4 rings (SSSR count). The van der Waals surface area contributed by atoms with Crippen LogP contribution in [-0.4, -0.2) is 11.8 Å². The summed E-state index contributed by atoms with van der Waals surface area (Å²) in [5.41, 5.74) is 5.60. The van der Waals surface area contributed by atoms with Crippen molar-refractivity contribution in [2.75, 3.05) is 10.2 Å². The summed E-state index contributed by atoms with van der Waals surface area (Å²) in [6.07, 6.45) is 1.17. The molecule has 2 amide bonds. The standard InChI is InChI=1S/C24H22N2O2/c1-17-7-9-19(10-8-17)24(28)25-21-12-13-22-20(15-21)11-14-23(27)26(22)16-18-5-3-2-4-6-18/h2-10,12-13,15H,11,14,16H2,1H3,(H,25,28). The average Bonchev–Trinajstić information content (AvgIpc) is 2.71. The summed E-state index contributed by atoms with van der Waals surface area (Å²) >= 11 is 0. The lowest BCUT2D eigenvalue weighted by molar-refractivity contribution is -0.119. The molecule has 0 unspecified atom stereocenters. The van der Waals surface area contributed by atoms with Gasteiger partial charge in [-0.1, -0.05) is 48.0 Å². The fourth-order valence-corrected chi connectivity index (χ4v) is 3.49. The van der Waals surface area contributed by atoms with Crippen molar-refractivity contribution in [1.29, 1.82) is 0 Å². The molecule has 4 heteroatoms. The molecule has 0 spiro atoms. The Kier molecular flexibility index (Phi) is 4.94. The fraction of sp³-hybridized carbons (Fsp3) is 0.167. The highest BCUT2D eigenvalue weighted by Gasteiger charge is 2.24. The Labute approximate surface area is 164 Å². The largest absolute Gasteiger partial charge is 0.322 e. The number of carbonyl (C=O) groups is 2. The second-order valence-electron chi connectivity index (χ2n) is 7.13. The quantitative estimate of drug-likeness (QED) is 0.722. The van der Waals surface area contributed by atoms with Gasteiger partial charge in [-0.25, -0.2) is 0 Å². The highest BCUT2D eigenvalue weighted by atomic mass is 16.2. The first-order valence-corrected chi connectivity index (χ1v) is 9.45. The Hall–Kier alpha value is -3.40. The van der Waals surface area contributed by atoms with Gasteiger partial charge >= 0.3 is 0 Å². The topological polar surface area (TPSA) is 49.4 Å². The molecule has 0 bridgehead atoms. The first-order chi connectivity index (χ1) is 13.6. The summed E-state index contributed by atoms with van der Waals surface area (Å²) in [6.45, 7) is 2.55. The van der Waals surface area contributed by atoms with E-state index in [9.17, 15) is 9.59 Å². The Balaban J connectivity index is 1.55. The summed E-state index contributed by atoms with van der Waals surface area (Å²) < 4.78 is 0. The molecule has 0 fully saturated rings. The third kappa shape index (κ3) is 3.81. The normalized spacial score (nSPS) is 13.2. The van der Waals surface area contributed by atoms with Gasteiger partial charge in [0.2, 0.25) is 5.91 Å². The van der Waals surface area contributed by atoms with Gasteiger partial charge in [0, 0.05) is 23.4 Å². The van der Waals surface area contributed by atoms with Gasteiger partial charge in [-0.15, -0.1) is 0 Å². The molecule has 3 aromatic rings. The van der Waals surface area contributed by atoms with Crippen LogP contribution >= 0.6 is 0 Å². The van der Waals surface area contributed by atoms with Crippen molar-refractivity contribution in [3.05, 3.63) is 95.1 Å². The Morgan fingerprint density at radius 2 is 1.71 bits per heavy atom. The summed E-state index contributed by atoms with van der Waals surface area (Å²) in [7, 11) is 0. The summed E-state index contributed by atoms with van der Waals surface area (Å²) in [6, 6.07) is 23.3. The van der Waals surface area contributed by atoms with Crippen LogP contribution < -0.4 is 10.2 Å². The van der Waals surface area contributed by atoms with E-state index in [0.29, 0.717) is 24.9 Å². The van der Waals surface area contributed by atoms with Gasteiger partial charge in [0.1, 0.15) is 0 Å². The van der Waals surface area contributed by atoms with Crippen LogP contribution in [0, 0.1) is 6.92 Å². The van der Waals surface area contributed by atoms with Crippen molar-refractivity contribution in [3.63, 3.8) is 0 Å². The van der Waals surface area contributed by atoms with Crippen LogP contribution in [0.3, 0.4) is 0 Å². The van der Waals surface area contributed by atoms with Crippen LogP contribution in [0.25, 0.3) is 0 Å². The maximum absolute atomic E-state index is 12.5. The molecule has 28 heavy (non-hydrogen) atoms. The van der Waals surface area contributed by atoms with E-state index in [1.165, 1.54) is 0 Å². The molecule has 1 aliphatic rings. The van der Waals surface area contributed by atoms with E-state index in [0.717, 1.165) is 28.1 Å². The summed E-state index contributed by atoms with van der Waals surface area (Å²) in [5.74, 6) is 0.000714. The number of hydrogen-bond acceptors (Lipinski definition) is 2. The van der Waals surface area contributed by atoms with E-state index in [1.807, 2.05) is 84.6 Å². The molecule has 0 aromatic heterocycles. The van der Waals surface area contributed by atoms with Gasteiger partial charge in [0.25, 0.3) is 5.91 Å². The second kappa shape index (κ2) is 7.69. The third-order valence-electron chi connectivity index (χ3n) is 5.03. The molecule has 4 nitrogen and oxygen atoms in total. The predicted molar refractivity (Wildman–Crippen MR) is 112 cm³/mol. The molecule has 0 atom stereocenters. The number of anilines is 2. The molecule has 1 aliphatic heterocycles. The molecule has 140 valence electrons. The van der Waals surface area contributed by atoms with Crippen molar-refractivity contribution in [2.45, 2.75) is 26.3 Å². The Morgan fingerprint density at radius 3 is 2.46 bits per heavy atom. The van der Waals surface area contributed by atoms with Crippen molar-refractivity contribution >= 4 is 23.2 Å². The predicted octanol–water partition coefficient (Wildman–Crippen LogP) is 4.73. The van der Waals surface area contributed by atoms with Crippen LogP contribution in [0.2, 0.25) is 0 Å². The lowest BCUT2D eigenvalue weighted by Gasteiger charge is -2.30. The molecule has 1 heterocycles. The van der Waals surface area contributed by atoms with Crippen molar-refractivity contribution in [2.24, 2.45) is 0 Å². The van der Waals surface area contributed by atoms with Crippen LogP contribution in [0.15, 0.2) is 72.8 Å². The number of aryl methyl sites for hydroxylation is 2. The minimum atomic E-state index is -0.132. The van der Waals surface area contributed by atoms with E-state index in [-0.39, 0.29) is 11.8 Å². The number of nitrogens with zero attached hydrogens (tertiary/aromatic N) is 1. The van der Waals surface area contributed by atoms with Crippen LogP contribution in [0.5, 0.6) is 0 Å². The number of hydrogen-bond donors (Lipinski definition) is 1. The van der Waals surface area contributed by atoms with E-state index >= 15 is 0 Å². The third-order valence-corrected chi connectivity index (χ3v) is 5.03. The summed E-state index contributed by atoms with van der Waals surface area (Å²) in [5, 5.41) is 2.96. The molecular formula is C24H22N2O2. The Morgan fingerprint density at radius 1 is 0.964 bits per heavy atom. The molecule has 0 radical (unpaired) electrons. The van der Waals surface area contributed by atoms with E-state index in [4.69, 9.17) is 0 Å². The van der Waals surface area contributed by atoms with Gasteiger partial charge in [-0.3, -0.25) is 9.59 Å². The van der Waals surface area contributed by atoms with Gasteiger partial charge in [-0.05, 0) is 54.8 Å². The molecule has 0 saturated heterocycles. The maximum Gasteiger partial charge on any atom is 0.255 e. The number of carbonyl (C=O) groups excluding carboxylic acids is 2. The first kappa shape index (κ1) is 18.0. The minimum absolute atomic E-state index is 0.132. The number of rotatable bonds is 4. The van der Waals surface area contributed by atoms with Gasteiger partial charge < -0.3 is 10.2 Å². The second-order valence-corrected chi connectivity index (χ2v) is 7.13. The van der Waals surface area contributed by atoms with Crippen LogP contribution in [0.1, 0.15) is 33.5 Å². The number of benzene rings is 3. The van der Waals surface area contributed by atoms with E-state index in [1.54, 1.807) is 0 Å². The van der Waals surface area contributed by atoms with Gasteiger partial charge in [-0.2, -0.15) is 0 Å². The molecule has 1 N–H and O–H groups in total.